The maximum Gasteiger partial charge on any atom is 0.236 e. The quantitative estimate of drug-likeness (QED) is 0.799. The lowest BCUT2D eigenvalue weighted by atomic mass is 10.1. The molecule has 0 radical (unpaired) electrons. The van der Waals surface area contributed by atoms with Crippen LogP contribution in [0, 0.1) is 0 Å². The number of hydrogen-bond acceptors (Lipinski definition) is 4. The predicted octanol–water partition coefficient (Wildman–Crippen LogP) is 1.83. The first kappa shape index (κ1) is 21.7. The fourth-order valence-electron chi connectivity index (χ4n) is 3.10. The van der Waals surface area contributed by atoms with Gasteiger partial charge in [0.05, 0.1) is 13.1 Å². The highest BCUT2D eigenvalue weighted by Crippen LogP contribution is 2.11. The lowest BCUT2D eigenvalue weighted by Gasteiger charge is -2.35. The minimum Gasteiger partial charge on any atom is -0.350 e. The largest absolute Gasteiger partial charge is 0.350 e. The minimum atomic E-state index is -0.219. The van der Waals surface area contributed by atoms with Crippen molar-refractivity contribution in [2.24, 2.45) is 0 Å². The number of amides is 2. The van der Waals surface area contributed by atoms with Gasteiger partial charge < -0.3 is 10.2 Å². The summed E-state index contributed by atoms with van der Waals surface area (Å²) in [5.41, 5.74) is 0.910. The number of rotatable bonds is 6. The summed E-state index contributed by atoms with van der Waals surface area (Å²) in [5.74, 6) is 0.162. The highest BCUT2D eigenvalue weighted by atomic mass is 35.5. The van der Waals surface area contributed by atoms with E-state index in [1.807, 2.05) is 61.9 Å². The molecule has 1 aromatic rings. The summed E-state index contributed by atoms with van der Waals surface area (Å²) in [6.07, 6.45) is 0. The molecule has 6 nitrogen and oxygen atoms in total. The van der Waals surface area contributed by atoms with Crippen molar-refractivity contribution in [3.05, 3.63) is 34.9 Å². The van der Waals surface area contributed by atoms with E-state index in [4.69, 9.17) is 11.6 Å². The number of carbonyl (C=O) groups is 2. The first-order valence-corrected chi connectivity index (χ1v) is 9.74. The Hall–Kier alpha value is -1.63. The number of benzene rings is 1. The Bertz CT molecular complexity index is 634. The van der Waals surface area contributed by atoms with Gasteiger partial charge in [-0.05, 0) is 45.5 Å². The van der Waals surface area contributed by atoms with Crippen LogP contribution in [0.4, 0.5) is 0 Å². The number of hydrogen-bond donors (Lipinski definition) is 1. The van der Waals surface area contributed by atoms with Gasteiger partial charge in [0, 0.05) is 43.3 Å². The third-order valence-electron chi connectivity index (χ3n) is 4.38. The van der Waals surface area contributed by atoms with Crippen molar-refractivity contribution in [1.29, 1.82) is 0 Å². The number of nitrogens with zero attached hydrogens (tertiary/aromatic N) is 3. The molecule has 1 heterocycles. The Morgan fingerprint density at radius 3 is 2.26 bits per heavy atom. The summed E-state index contributed by atoms with van der Waals surface area (Å²) in [5, 5.41) is 3.69. The monoisotopic (exact) mass is 394 g/mol. The number of nitrogens with one attached hydrogen (secondary N) is 1. The first-order chi connectivity index (χ1) is 12.6. The molecular weight excluding hydrogens is 364 g/mol. The van der Waals surface area contributed by atoms with Gasteiger partial charge >= 0.3 is 0 Å². The molecule has 0 saturated carbocycles. The summed E-state index contributed by atoms with van der Waals surface area (Å²) in [4.78, 5) is 30.6. The van der Waals surface area contributed by atoms with Crippen LogP contribution in [0.3, 0.4) is 0 Å². The van der Waals surface area contributed by atoms with Gasteiger partial charge in [-0.15, -0.1) is 0 Å². The van der Waals surface area contributed by atoms with Crippen molar-refractivity contribution < 1.29 is 9.59 Å². The minimum absolute atomic E-state index is 0.0324. The molecule has 0 aromatic heterocycles. The maximum atomic E-state index is 12.5. The van der Waals surface area contributed by atoms with E-state index in [1.54, 1.807) is 0 Å². The molecule has 27 heavy (non-hydrogen) atoms. The Balaban J connectivity index is 1.72. The lowest BCUT2D eigenvalue weighted by Crippen LogP contribution is -2.54. The second-order valence-corrected chi connectivity index (χ2v) is 8.69. The fraction of sp³-hybridized carbons (Fsp3) is 0.600. The van der Waals surface area contributed by atoms with E-state index in [-0.39, 0.29) is 17.4 Å². The zero-order valence-corrected chi connectivity index (χ0v) is 17.6. The molecule has 1 aromatic carbocycles. The molecule has 1 aliphatic heterocycles. The average Bonchev–Trinajstić information content (AvgIpc) is 2.55. The van der Waals surface area contributed by atoms with Gasteiger partial charge in [-0.2, -0.15) is 0 Å². The predicted molar refractivity (Wildman–Crippen MR) is 109 cm³/mol. The second-order valence-electron chi connectivity index (χ2n) is 8.25. The van der Waals surface area contributed by atoms with Gasteiger partial charge in [0.25, 0.3) is 0 Å². The molecule has 7 heteroatoms. The zero-order chi connectivity index (χ0) is 20.0. The first-order valence-electron chi connectivity index (χ1n) is 9.36. The van der Waals surface area contributed by atoms with Crippen LogP contribution in [0.25, 0.3) is 0 Å². The van der Waals surface area contributed by atoms with E-state index < -0.39 is 0 Å². The third-order valence-corrected chi connectivity index (χ3v) is 4.63. The topological polar surface area (TPSA) is 55.9 Å². The van der Waals surface area contributed by atoms with E-state index >= 15 is 0 Å². The molecule has 0 unspecified atom stereocenters. The average molecular weight is 395 g/mol. The molecule has 1 fully saturated rings. The van der Waals surface area contributed by atoms with Gasteiger partial charge in [-0.3, -0.25) is 19.4 Å². The van der Waals surface area contributed by atoms with E-state index in [0.717, 1.165) is 18.7 Å². The third kappa shape index (κ3) is 7.87. The lowest BCUT2D eigenvalue weighted by molar-refractivity contribution is -0.134. The molecule has 1 N–H and O–H groups in total. The Morgan fingerprint density at radius 2 is 1.70 bits per heavy atom. The van der Waals surface area contributed by atoms with Crippen LogP contribution in [0.5, 0.6) is 0 Å². The standard InChI is InChI=1S/C20H31ClN4O2/c1-20(2,3)22-18(26)14-24-9-11-25(12-10-24)19(27)15-23(4)13-16-5-7-17(21)8-6-16/h5-8H,9-15H2,1-4H3,(H,22,26). The SMILES string of the molecule is CN(CC(=O)N1CCN(CC(=O)NC(C)(C)C)CC1)Cc1ccc(Cl)cc1. The van der Waals surface area contributed by atoms with E-state index in [9.17, 15) is 9.59 Å². The smallest absolute Gasteiger partial charge is 0.236 e. The van der Waals surface area contributed by atoms with Gasteiger partial charge in [-0.1, -0.05) is 23.7 Å². The summed E-state index contributed by atoms with van der Waals surface area (Å²) < 4.78 is 0. The van der Waals surface area contributed by atoms with Crippen molar-refractivity contribution >= 4 is 23.4 Å². The van der Waals surface area contributed by atoms with Crippen molar-refractivity contribution in [2.45, 2.75) is 32.9 Å². The number of likely N-dealkylation sites (N-methyl/N-ethyl adjacent to an activating group) is 1. The highest BCUT2D eigenvalue weighted by molar-refractivity contribution is 6.30. The number of carbonyl (C=O) groups excluding carboxylic acids is 2. The van der Waals surface area contributed by atoms with E-state index in [1.165, 1.54) is 0 Å². The summed E-state index contributed by atoms with van der Waals surface area (Å²) in [7, 11) is 1.94. The van der Waals surface area contributed by atoms with Crippen LogP contribution in [-0.4, -0.2) is 78.4 Å². The molecule has 2 rings (SSSR count). The van der Waals surface area contributed by atoms with E-state index in [0.29, 0.717) is 37.7 Å². The number of piperazine rings is 1. The summed E-state index contributed by atoms with van der Waals surface area (Å²) in [6, 6.07) is 7.68. The molecule has 150 valence electrons. The van der Waals surface area contributed by atoms with Crippen molar-refractivity contribution in [3.63, 3.8) is 0 Å². The van der Waals surface area contributed by atoms with Crippen molar-refractivity contribution in [2.75, 3.05) is 46.3 Å². The Morgan fingerprint density at radius 1 is 1.11 bits per heavy atom. The van der Waals surface area contributed by atoms with Crippen LogP contribution in [-0.2, 0) is 16.1 Å². The second kappa shape index (κ2) is 9.53. The molecule has 2 amide bonds. The van der Waals surface area contributed by atoms with Crippen molar-refractivity contribution in [3.8, 4) is 0 Å². The van der Waals surface area contributed by atoms with Gasteiger partial charge in [0.15, 0.2) is 0 Å². The molecule has 1 saturated heterocycles. The molecule has 0 aliphatic carbocycles. The maximum absolute atomic E-state index is 12.5. The molecule has 0 atom stereocenters. The van der Waals surface area contributed by atoms with Gasteiger partial charge in [0.2, 0.25) is 11.8 Å². The zero-order valence-electron chi connectivity index (χ0n) is 16.8. The normalized spacial score (nSPS) is 15.9. The highest BCUT2D eigenvalue weighted by Gasteiger charge is 2.24. The van der Waals surface area contributed by atoms with Crippen LogP contribution >= 0.6 is 11.6 Å². The Labute approximate surface area is 167 Å². The van der Waals surface area contributed by atoms with Gasteiger partial charge in [0.1, 0.15) is 0 Å². The summed E-state index contributed by atoms with van der Waals surface area (Å²) >= 11 is 5.91. The molecule has 0 spiro atoms. The molecule has 1 aliphatic rings. The Kier molecular flexibility index (Phi) is 7.65. The molecule has 0 bridgehead atoms. The number of halogens is 1. The van der Waals surface area contributed by atoms with Crippen LogP contribution in [0.1, 0.15) is 26.3 Å². The van der Waals surface area contributed by atoms with Crippen LogP contribution in [0.2, 0.25) is 5.02 Å². The van der Waals surface area contributed by atoms with Crippen molar-refractivity contribution in [1.82, 2.24) is 20.0 Å². The fourth-order valence-corrected chi connectivity index (χ4v) is 3.23. The van der Waals surface area contributed by atoms with Gasteiger partial charge in [-0.25, -0.2) is 0 Å². The van der Waals surface area contributed by atoms with Crippen LogP contribution < -0.4 is 5.32 Å². The van der Waals surface area contributed by atoms with Crippen LogP contribution in [0.15, 0.2) is 24.3 Å². The van der Waals surface area contributed by atoms with E-state index in [2.05, 4.69) is 10.2 Å². The molecular formula is C20H31ClN4O2. The summed E-state index contributed by atoms with van der Waals surface area (Å²) in [6.45, 7) is 10.2.